The summed E-state index contributed by atoms with van der Waals surface area (Å²) in [6, 6.07) is 7.98. The van der Waals surface area contributed by atoms with E-state index in [0.29, 0.717) is 0 Å². The summed E-state index contributed by atoms with van der Waals surface area (Å²) in [5.41, 5.74) is 3.14. The number of rotatable bonds is 3. The van der Waals surface area contributed by atoms with Gasteiger partial charge in [0.1, 0.15) is 11.9 Å². The Morgan fingerprint density at radius 2 is 2.00 bits per heavy atom. The summed E-state index contributed by atoms with van der Waals surface area (Å²) in [4.78, 5) is 11.0. The fourth-order valence-corrected chi connectivity index (χ4v) is 2.04. The number of carbonyl (C=O) groups is 1. The molecule has 0 bridgehead atoms. The minimum atomic E-state index is 0.0243. The highest BCUT2D eigenvalue weighted by Gasteiger charge is 2.15. The van der Waals surface area contributed by atoms with E-state index in [4.69, 9.17) is 4.74 Å². The van der Waals surface area contributed by atoms with Crippen LogP contribution in [0.1, 0.15) is 26.3 Å². The van der Waals surface area contributed by atoms with Crippen molar-refractivity contribution in [2.75, 3.05) is 0 Å². The second-order valence-corrected chi connectivity index (χ2v) is 4.77. The highest BCUT2D eigenvalue weighted by atomic mass is 16.5. The third-order valence-corrected chi connectivity index (χ3v) is 2.98. The molecule has 0 aliphatic carbocycles. The first kappa shape index (κ1) is 13.3. The lowest BCUT2D eigenvalue weighted by atomic mass is 10.0. The van der Waals surface area contributed by atoms with Gasteiger partial charge in [0, 0.05) is 5.56 Å². The monoisotopic (exact) mass is 254 g/mol. The SMILES string of the molecule is CC(=O)/C=C(C)/C=C/C1=Cc2ccccc2OC1C. The van der Waals surface area contributed by atoms with Gasteiger partial charge in [-0.1, -0.05) is 30.4 Å². The third-order valence-electron chi connectivity index (χ3n) is 2.98. The highest BCUT2D eigenvalue weighted by Crippen LogP contribution is 2.29. The first-order valence-corrected chi connectivity index (χ1v) is 6.40. The van der Waals surface area contributed by atoms with E-state index in [1.807, 2.05) is 50.3 Å². The van der Waals surface area contributed by atoms with Gasteiger partial charge in [-0.25, -0.2) is 0 Å². The van der Waals surface area contributed by atoms with Gasteiger partial charge in [-0.05, 0) is 50.1 Å². The molecule has 1 heterocycles. The predicted molar refractivity (Wildman–Crippen MR) is 78.1 cm³/mol. The zero-order chi connectivity index (χ0) is 13.8. The van der Waals surface area contributed by atoms with Crippen LogP contribution in [0, 0.1) is 0 Å². The molecule has 0 N–H and O–H groups in total. The van der Waals surface area contributed by atoms with Crippen molar-refractivity contribution in [1.82, 2.24) is 0 Å². The number of hydrogen-bond donors (Lipinski definition) is 0. The molecule has 2 rings (SSSR count). The molecule has 1 aliphatic heterocycles. The van der Waals surface area contributed by atoms with E-state index < -0.39 is 0 Å². The molecule has 0 amide bonds. The summed E-state index contributed by atoms with van der Waals surface area (Å²) in [5, 5.41) is 0. The zero-order valence-corrected chi connectivity index (χ0v) is 11.5. The number of para-hydroxylation sites is 1. The standard InChI is InChI=1S/C17H18O2/c1-12(10-13(2)18)8-9-15-11-16-6-4-5-7-17(16)19-14(15)3/h4-11,14H,1-3H3/b9-8+,12-10+. The van der Waals surface area contributed by atoms with Gasteiger partial charge in [-0.3, -0.25) is 4.79 Å². The summed E-state index contributed by atoms with van der Waals surface area (Å²) in [5.74, 6) is 0.984. The Bertz CT molecular complexity index is 577. The number of hydrogen-bond acceptors (Lipinski definition) is 2. The van der Waals surface area contributed by atoms with Crippen molar-refractivity contribution in [2.24, 2.45) is 0 Å². The first-order chi connectivity index (χ1) is 9.06. The van der Waals surface area contributed by atoms with Crippen LogP contribution in [0.5, 0.6) is 5.75 Å². The van der Waals surface area contributed by atoms with Gasteiger partial charge >= 0.3 is 0 Å². The molecular formula is C17H18O2. The van der Waals surface area contributed by atoms with E-state index in [-0.39, 0.29) is 11.9 Å². The molecule has 0 fully saturated rings. The Kier molecular flexibility index (Phi) is 4.00. The Morgan fingerprint density at radius 3 is 2.74 bits per heavy atom. The van der Waals surface area contributed by atoms with Crippen LogP contribution >= 0.6 is 0 Å². The molecule has 0 spiro atoms. The molecule has 1 aromatic rings. The number of fused-ring (bicyclic) bond motifs is 1. The van der Waals surface area contributed by atoms with Gasteiger partial charge in [-0.2, -0.15) is 0 Å². The van der Waals surface area contributed by atoms with Gasteiger partial charge in [0.25, 0.3) is 0 Å². The zero-order valence-electron chi connectivity index (χ0n) is 11.5. The maximum absolute atomic E-state index is 11.0. The maximum Gasteiger partial charge on any atom is 0.152 e. The van der Waals surface area contributed by atoms with E-state index in [2.05, 4.69) is 6.08 Å². The smallest absolute Gasteiger partial charge is 0.152 e. The van der Waals surface area contributed by atoms with Crippen molar-refractivity contribution in [1.29, 1.82) is 0 Å². The van der Waals surface area contributed by atoms with Crippen LogP contribution < -0.4 is 4.74 Å². The van der Waals surface area contributed by atoms with Crippen LogP contribution in [0.4, 0.5) is 0 Å². The molecule has 2 nitrogen and oxygen atoms in total. The fraction of sp³-hybridized carbons (Fsp3) is 0.235. The molecule has 0 saturated carbocycles. The molecule has 1 unspecified atom stereocenters. The van der Waals surface area contributed by atoms with Crippen molar-refractivity contribution in [3.8, 4) is 5.75 Å². The van der Waals surface area contributed by atoms with E-state index in [1.165, 1.54) is 0 Å². The molecule has 1 aliphatic rings. The van der Waals surface area contributed by atoms with E-state index >= 15 is 0 Å². The quantitative estimate of drug-likeness (QED) is 0.603. The van der Waals surface area contributed by atoms with Crippen LogP contribution in [-0.4, -0.2) is 11.9 Å². The Balaban J connectivity index is 2.24. The fourth-order valence-electron chi connectivity index (χ4n) is 2.04. The highest BCUT2D eigenvalue weighted by molar-refractivity contribution is 5.88. The van der Waals surface area contributed by atoms with E-state index in [0.717, 1.165) is 22.5 Å². The normalized spacial score (nSPS) is 18.8. The van der Waals surface area contributed by atoms with Crippen molar-refractivity contribution in [3.63, 3.8) is 0 Å². The lowest BCUT2D eigenvalue weighted by Crippen LogP contribution is -2.17. The lowest BCUT2D eigenvalue weighted by molar-refractivity contribution is -0.112. The number of ether oxygens (including phenoxy) is 1. The van der Waals surface area contributed by atoms with Crippen LogP contribution in [0.3, 0.4) is 0 Å². The number of allylic oxidation sites excluding steroid dienone is 3. The molecule has 2 heteroatoms. The second-order valence-electron chi connectivity index (χ2n) is 4.77. The topological polar surface area (TPSA) is 26.3 Å². The first-order valence-electron chi connectivity index (χ1n) is 6.40. The van der Waals surface area contributed by atoms with Gasteiger partial charge in [0.15, 0.2) is 5.78 Å². The molecule has 1 aromatic carbocycles. The van der Waals surface area contributed by atoms with Gasteiger partial charge in [-0.15, -0.1) is 0 Å². The summed E-state index contributed by atoms with van der Waals surface area (Å²) in [6.45, 7) is 5.50. The van der Waals surface area contributed by atoms with Gasteiger partial charge in [0.05, 0.1) is 0 Å². The van der Waals surface area contributed by atoms with E-state index in [1.54, 1.807) is 13.0 Å². The number of ketones is 1. The van der Waals surface area contributed by atoms with Gasteiger partial charge < -0.3 is 4.74 Å². The van der Waals surface area contributed by atoms with Crippen LogP contribution in [0.2, 0.25) is 0 Å². The van der Waals surface area contributed by atoms with Crippen molar-refractivity contribution in [2.45, 2.75) is 26.9 Å². The Labute approximate surface area is 114 Å². The summed E-state index contributed by atoms with van der Waals surface area (Å²) in [6.07, 6.45) is 7.73. The van der Waals surface area contributed by atoms with Crippen molar-refractivity contribution < 1.29 is 9.53 Å². The van der Waals surface area contributed by atoms with Crippen LogP contribution in [0.25, 0.3) is 6.08 Å². The number of benzene rings is 1. The maximum atomic E-state index is 11.0. The number of carbonyl (C=O) groups excluding carboxylic acids is 1. The summed E-state index contributed by atoms with van der Waals surface area (Å²) < 4.78 is 5.85. The molecule has 19 heavy (non-hydrogen) atoms. The van der Waals surface area contributed by atoms with Crippen molar-refractivity contribution >= 4 is 11.9 Å². The lowest BCUT2D eigenvalue weighted by Gasteiger charge is -2.22. The molecule has 0 saturated heterocycles. The average molecular weight is 254 g/mol. The molecule has 0 radical (unpaired) electrons. The van der Waals surface area contributed by atoms with Crippen molar-refractivity contribution in [3.05, 3.63) is 59.2 Å². The molecule has 98 valence electrons. The molecule has 1 atom stereocenters. The minimum absolute atomic E-state index is 0.0243. The Morgan fingerprint density at radius 1 is 1.26 bits per heavy atom. The van der Waals surface area contributed by atoms with Crippen LogP contribution in [0.15, 0.2) is 53.6 Å². The molecule has 0 aromatic heterocycles. The third kappa shape index (κ3) is 3.44. The minimum Gasteiger partial charge on any atom is -0.485 e. The second kappa shape index (κ2) is 5.70. The summed E-state index contributed by atoms with van der Waals surface area (Å²) >= 11 is 0. The predicted octanol–water partition coefficient (Wildman–Crippen LogP) is 3.94. The summed E-state index contributed by atoms with van der Waals surface area (Å²) in [7, 11) is 0. The van der Waals surface area contributed by atoms with E-state index in [9.17, 15) is 4.79 Å². The van der Waals surface area contributed by atoms with Gasteiger partial charge in [0.2, 0.25) is 0 Å². The Hall–Kier alpha value is -2.09. The largest absolute Gasteiger partial charge is 0.485 e. The average Bonchev–Trinajstić information content (AvgIpc) is 2.35. The molecular weight excluding hydrogens is 236 g/mol. The van der Waals surface area contributed by atoms with Crippen LogP contribution in [-0.2, 0) is 4.79 Å².